The van der Waals surface area contributed by atoms with E-state index < -0.39 is 45.9 Å². The molecule has 0 radical (unpaired) electrons. The number of alkyl halides is 6. The Balaban J connectivity index is 1.29. The van der Waals surface area contributed by atoms with Gasteiger partial charge in [0.2, 0.25) is 5.95 Å². The van der Waals surface area contributed by atoms with Gasteiger partial charge in [-0.3, -0.25) is 9.69 Å². The lowest BCUT2D eigenvalue weighted by atomic mass is 9.88. The van der Waals surface area contributed by atoms with E-state index in [1.165, 1.54) is 9.80 Å². The zero-order valence-corrected chi connectivity index (χ0v) is 26.3. The van der Waals surface area contributed by atoms with Crippen LogP contribution in [0.4, 0.5) is 38.0 Å². The maximum Gasteiger partial charge on any atom is 0.420 e. The van der Waals surface area contributed by atoms with Crippen molar-refractivity contribution in [2.75, 3.05) is 37.2 Å². The van der Waals surface area contributed by atoms with Gasteiger partial charge in [-0.1, -0.05) is 19.1 Å². The quantitative estimate of drug-likeness (QED) is 0.278. The maximum atomic E-state index is 14.1. The van der Waals surface area contributed by atoms with Crippen molar-refractivity contribution in [3.8, 4) is 10.6 Å². The first-order valence-corrected chi connectivity index (χ1v) is 17.4. The van der Waals surface area contributed by atoms with Crippen molar-refractivity contribution < 1.29 is 39.6 Å². The molecule has 1 saturated heterocycles. The fourth-order valence-electron chi connectivity index (χ4n) is 6.08. The van der Waals surface area contributed by atoms with Crippen LogP contribution >= 0.6 is 11.3 Å². The number of thiophene rings is 1. The predicted molar refractivity (Wildman–Crippen MR) is 160 cm³/mol. The summed E-state index contributed by atoms with van der Waals surface area (Å²) in [6.45, 7) is 1.65. The monoisotopic (exact) mass is 687 g/mol. The van der Waals surface area contributed by atoms with Crippen LogP contribution in [0.5, 0.6) is 0 Å². The van der Waals surface area contributed by atoms with Crippen molar-refractivity contribution in [2.24, 2.45) is 0 Å². The Labute approximate surface area is 265 Å². The fraction of sp³-hybridized carbons (Fsp3) is 0.500. The topological polar surface area (TPSA) is 95.5 Å². The minimum Gasteiger partial charge on any atom is -0.334 e. The van der Waals surface area contributed by atoms with E-state index in [2.05, 4.69) is 15.3 Å². The molecule has 46 heavy (non-hydrogen) atoms. The van der Waals surface area contributed by atoms with Gasteiger partial charge in [0, 0.05) is 24.5 Å². The minimum absolute atomic E-state index is 0.0355. The smallest absolute Gasteiger partial charge is 0.334 e. The highest BCUT2D eigenvalue weighted by Crippen LogP contribution is 2.43. The van der Waals surface area contributed by atoms with E-state index in [4.69, 9.17) is 0 Å². The summed E-state index contributed by atoms with van der Waals surface area (Å²) in [5.74, 6) is -0.900. The number of carbonyl (C=O) groups is 1. The molecule has 1 aromatic carbocycles. The Kier molecular flexibility index (Phi) is 8.59. The van der Waals surface area contributed by atoms with Crippen LogP contribution in [-0.4, -0.2) is 78.2 Å². The molecule has 3 aromatic rings. The number of nitrogens with zero attached hydrogens (tertiary/aromatic N) is 4. The number of nitrogens with one attached hydrogen (secondary N) is 1. The van der Waals surface area contributed by atoms with Gasteiger partial charge in [0.15, 0.2) is 9.84 Å². The SMILES string of the molecule is CCc1cc(C2CCN(CC(F)(F)F)CC2)ccc1Nc1ncc(C(F)(F)F)c(-c2cc3c(s2)C(=O)N(C2CC2)CCS3(=O)=O)n1. The second-order valence-corrected chi connectivity index (χ2v) is 15.0. The summed E-state index contributed by atoms with van der Waals surface area (Å²) in [4.78, 5) is 23.8. The summed E-state index contributed by atoms with van der Waals surface area (Å²) in [6.07, 6.45) is -5.28. The van der Waals surface area contributed by atoms with Gasteiger partial charge in [-0.25, -0.2) is 18.4 Å². The number of sulfone groups is 1. The Morgan fingerprint density at radius 1 is 1.02 bits per heavy atom. The highest BCUT2D eigenvalue weighted by Gasteiger charge is 2.42. The number of rotatable bonds is 7. The Morgan fingerprint density at radius 3 is 2.37 bits per heavy atom. The van der Waals surface area contributed by atoms with E-state index in [1.54, 1.807) is 6.07 Å². The van der Waals surface area contributed by atoms with Gasteiger partial charge in [-0.2, -0.15) is 26.3 Å². The number of likely N-dealkylation sites (tertiary alicyclic amines) is 1. The Hall–Kier alpha value is -3.24. The molecule has 1 amide bonds. The molecular weight excluding hydrogens is 656 g/mol. The Bertz CT molecular complexity index is 1750. The molecule has 2 aliphatic heterocycles. The largest absolute Gasteiger partial charge is 0.420 e. The summed E-state index contributed by atoms with van der Waals surface area (Å²) in [5.41, 5.74) is 0.631. The van der Waals surface area contributed by atoms with Crippen LogP contribution < -0.4 is 5.32 Å². The summed E-state index contributed by atoms with van der Waals surface area (Å²) in [5, 5.41) is 2.99. The average Bonchev–Trinajstić information content (AvgIpc) is 3.73. The molecule has 16 heteroatoms. The molecule has 0 spiro atoms. The van der Waals surface area contributed by atoms with Gasteiger partial charge in [0.05, 0.1) is 27.8 Å². The number of aryl methyl sites for hydroxylation is 1. The van der Waals surface area contributed by atoms with Gasteiger partial charge in [0.25, 0.3) is 5.91 Å². The predicted octanol–water partition coefficient (Wildman–Crippen LogP) is 6.66. The lowest BCUT2D eigenvalue weighted by Crippen LogP contribution is -2.39. The van der Waals surface area contributed by atoms with Crippen molar-refractivity contribution in [3.05, 3.63) is 52.0 Å². The molecule has 1 saturated carbocycles. The first-order chi connectivity index (χ1) is 21.6. The number of fused-ring (bicyclic) bond motifs is 1. The third kappa shape index (κ3) is 6.88. The standard InChI is InChI=1S/C30H31F6N5O3S2/c1-2-17-13-19(18-7-9-40(10-8-18)16-29(31,32)33)3-6-22(17)38-28-37-15-21(30(34,35)36)25(39-28)23-14-24-26(45-23)27(42)41(20-4-5-20)11-12-46(24,43)44/h3,6,13-15,18,20H,2,4-5,7-12,16H2,1H3,(H,37,38,39). The molecule has 0 atom stereocenters. The van der Waals surface area contributed by atoms with Crippen molar-refractivity contribution in [1.82, 2.24) is 19.8 Å². The third-order valence-corrected chi connectivity index (χ3v) is 11.6. The molecular formula is C30H31F6N5O3S2. The fourth-order valence-corrected chi connectivity index (χ4v) is 9.00. The zero-order valence-electron chi connectivity index (χ0n) is 24.7. The van der Waals surface area contributed by atoms with Crippen molar-refractivity contribution in [1.29, 1.82) is 0 Å². The van der Waals surface area contributed by atoms with E-state index in [9.17, 15) is 39.6 Å². The molecule has 0 bridgehead atoms. The Morgan fingerprint density at radius 2 is 1.74 bits per heavy atom. The molecule has 3 aliphatic rings. The molecule has 6 rings (SSSR count). The van der Waals surface area contributed by atoms with Crippen LogP contribution in [0.1, 0.15) is 64.9 Å². The number of halogens is 6. The van der Waals surface area contributed by atoms with Crippen molar-refractivity contribution in [2.45, 2.75) is 68.2 Å². The number of hydrogen-bond acceptors (Lipinski definition) is 8. The summed E-state index contributed by atoms with van der Waals surface area (Å²) in [7, 11) is -3.92. The second-order valence-electron chi connectivity index (χ2n) is 11.9. The number of hydrogen-bond donors (Lipinski definition) is 1. The van der Waals surface area contributed by atoms with E-state index in [-0.39, 0.29) is 44.9 Å². The average molecular weight is 688 g/mol. The van der Waals surface area contributed by atoms with E-state index in [0.29, 0.717) is 55.6 Å². The number of amides is 1. The summed E-state index contributed by atoms with van der Waals surface area (Å²) >= 11 is 0.681. The van der Waals surface area contributed by atoms with Crippen LogP contribution in [-0.2, 0) is 22.4 Å². The van der Waals surface area contributed by atoms with Crippen molar-refractivity contribution in [3.63, 3.8) is 0 Å². The lowest BCUT2D eigenvalue weighted by molar-refractivity contribution is -0.148. The second kappa shape index (κ2) is 12.1. The van der Waals surface area contributed by atoms with E-state index >= 15 is 0 Å². The summed E-state index contributed by atoms with van der Waals surface area (Å²) < 4.78 is 107. The van der Waals surface area contributed by atoms with Crippen LogP contribution in [0.15, 0.2) is 35.4 Å². The highest BCUT2D eigenvalue weighted by molar-refractivity contribution is 7.91. The number of benzene rings is 1. The molecule has 248 valence electrons. The first-order valence-electron chi connectivity index (χ1n) is 14.9. The normalized spacial score (nSPS) is 19.6. The number of carbonyl (C=O) groups excluding carboxylic acids is 1. The molecule has 8 nitrogen and oxygen atoms in total. The zero-order chi connectivity index (χ0) is 33.0. The summed E-state index contributed by atoms with van der Waals surface area (Å²) in [6, 6.07) is 6.57. The van der Waals surface area contributed by atoms with Crippen LogP contribution in [0.25, 0.3) is 10.6 Å². The molecule has 1 aliphatic carbocycles. The number of aromatic nitrogens is 2. The van der Waals surface area contributed by atoms with E-state index in [0.717, 1.165) is 30.0 Å². The highest BCUT2D eigenvalue weighted by atomic mass is 32.2. The molecule has 1 N–H and O–H groups in total. The number of piperidine rings is 1. The van der Waals surface area contributed by atoms with Gasteiger partial charge >= 0.3 is 12.4 Å². The van der Waals surface area contributed by atoms with Crippen LogP contribution in [0, 0.1) is 0 Å². The van der Waals surface area contributed by atoms with Crippen molar-refractivity contribution >= 4 is 38.7 Å². The van der Waals surface area contributed by atoms with Crippen LogP contribution in [0.2, 0.25) is 0 Å². The van der Waals surface area contributed by atoms with Gasteiger partial charge in [0.1, 0.15) is 10.4 Å². The molecule has 2 aromatic heterocycles. The number of anilines is 2. The van der Waals surface area contributed by atoms with Crippen LogP contribution in [0.3, 0.4) is 0 Å². The first kappa shape index (κ1) is 32.7. The maximum absolute atomic E-state index is 14.1. The van der Waals surface area contributed by atoms with Gasteiger partial charge in [-0.15, -0.1) is 11.3 Å². The third-order valence-electron chi connectivity index (χ3n) is 8.62. The lowest BCUT2D eigenvalue weighted by Gasteiger charge is -2.32. The minimum atomic E-state index is -4.86. The van der Waals surface area contributed by atoms with Gasteiger partial charge in [-0.05, 0) is 74.4 Å². The molecule has 2 fully saturated rings. The van der Waals surface area contributed by atoms with Gasteiger partial charge < -0.3 is 10.2 Å². The van der Waals surface area contributed by atoms with E-state index in [1.807, 2.05) is 19.1 Å². The molecule has 0 unspecified atom stereocenters. The molecule has 4 heterocycles.